The van der Waals surface area contributed by atoms with Crippen LogP contribution in [-0.4, -0.2) is 43.6 Å². The molecule has 1 atom stereocenters. The Bertz CT molecular complexity index is 324. The highest BCUT2D eigenvalue weighted by Crippen LogP contribution is 2.29. The second-order valence-corrected chi connectivity index (χ2v) is 5.77. The molecule has 0 radical (unpaired) electrons. The van der Waals surface area contributed by atoms with Gasteiger partial charge in [-0.3, -0.25) is 0 Å². The Morgan fingerprint density at radius 3 is 3.19 bits per heavy atom. The number of aromatic nitrogens is 1. The molecule has 1 unspecified atom stereocenters. The van der Waals surface area contributed by atoms with E-state index in [0.717, 1.165) is 6.54 Å². The van der Waals surface area contributed by atoms with E-state index in [9.17, 15) is 0 Å². The van der Waals surface area contributed by atoms with Gasteiger partial charge < -0.3 is 10.2 Å². The normalized spacial score (nSPS) is 21.8. The summed E-state index contributed by atoms with van der Waals surface area (Å²) < 4.78 is 0. The minimum Gasteiger partial charge on any atom is -0.320 e. The largest absolute Gasteiger partial charge is 0.320 e. The summed E-state index contributed by atoms with van der Waals surface area (Å²) in [6.07, 6.45) is 5.73. The topological polar surface area (TPSA) is 28.2 Å². The second kappa shape index (κ2) is 5.75. The second-order valence-electron chi connectivity index (χ2n) is 4.62. The van der Waals surface area contributed by atoms with Gasteiger partial charge >= 0.3 is 0 Å². The van der Waals surface area contributed by atoms with Crippen molar-refractivity contribution in [3.8, 4) is 0 Å². The highest BCUT2D eigenvalue weighted by Gasteiger charge is 2.23. The zero-order valence-corrected chi connectivity index (χ0v) is 11.0. The Labute approximate surface area is 102 Å². The molecular formula is C12H21N3S. The summed E-state index contributed by atoms with van der Waals surface area (Å²) in [5.74, 6) is 0.688. The van der Waals surface area contributed by atoms with Crippen molar-refractivity contribution in [2.24, 2.45) is 0 Å². The standard InChI is InChI=1S/C12H21N3S/c1-13-6-3-4-11-8-14-12(16-11)10-5-7-15(2)9-10/h8,10,13H,3-7,9H2,1-2H3. The Balaban J connectivity index is 1.87. The molecule has 3 nitrogen and oxygen atoms in total. The molecule has 16 heavy (non-hydrogen) atoms. The number of likely N-dealkylation sites (N-methyl/N-ethyl adjacent to an activating group) is 1. The Hall–Kier alpha value is -0.450. The van der Waals surface area contributed by atoms with E-state index in [-0.39, 0.29) is 0 Å². The molecule has 0 aromatic carbocycles. The van der Waals surface area contributed by atoms with Crippen LogP contribution in [0.15, 0.2) is 6.20 Å². The first-order valence-electron chi connectivity index (χ1n) is 6.07. The van der Waals surface area contributed by atoms with Crippen molar-refractivity contribution in [3.05, 3.63) is 16.1 Å². The molecule has 1 aromatic rings. The quantitative estimate of drug-likeness (QED) is 0.793. The average Bonchev–Trinajstić information content (AvgIpc) is 2.87. The van der Waals surface area contributed by atoms with E-state index in [1.165, 1.54) is 42.2 Å². The number of hydrogen-bond acceptors (Lipinski definition) is 4. The number of nitrogens with zero attached hydrogens (tertiary/aromatic N) is 2. The van der Waals surface area contributed by atoms with E-state index < -0.39 is 0 Å². The summed E-state index contributed by atoms with van der Waals surface area (Å²) in [4.78, 5) is 8.42. The molecule has 2 heterocycles. The molecular weight excluding hydrogens is 218 g/mol. The molecule has 2 rings (SSSR count). The van der Waals surface area contributed by atoms with Crippen molar-refractivity contribution in [1.29, 1.82) is 0 Å². The van der Waals surface area contributed by atoms with Gasteiger partial charge in [-0.05, 0) is 46.4 Å². The number of nitrogens with one attached hydrogen (secondary N) is 1. The predicted octanol–water partition coefficient (Wildman–Crippen LogP) is 1.71. The van der Waals surface area contributed by atoms with Gasteiger partial charge in [0, 0.05) is 23.5 Å². The molecule has 0 bridgehead atoms. The first-order valence-corrected chi connectivity index (χ1v) is 6.89. The number of thiazole rings is 1. The monoisotopic (exact) mass is 239 g/mol. The zero-order chi connectivity index (χ0) is 11.4. The molecule has 4 heteroatoms. The molecule has 1 aliphatic heterocycles. The van der Waals surface area contributed by atoms with Gasteiger partial charge in [-0.2, -0.15) is 0 Å². The van der Waals surface area contributed by atoms with Crippen LogP contribution in [-0.2, 0) is 6.42 Å². The van der Waals surface area contributed by atoms with Crippen molar-refractivity contribution in [3.63, 3.8) is 0 Å². The van der Waals surface area contributed by atoms with Gasteiger partial charge in [0.2, 0.25) is 0 Å². The molecule has 1 N–H and O–H groups in total. The Morgan fingerprint density at radius 1 is 1.62 bits per heavy atom. The lowest BCUT2D eigenvalue weighted by Gasteiger charge is -2.06. The van der Waals surface area contributed by atoms with Crippen molar-refractivity contribution in [1.82, 2.24) is 15.2 Å². The van der Waals surface area contributed by atoms with E-state index in [4.69, 9.17) is 0 Å². The van der Waals surface area contributed by atoms with Crippen LogP contribution in [0.5, 0.6) is 0 Å². The number of aryl methyl sites for hydroxylation is 1. The summed E-state index contributed by atoms with van der Waals surface area (Å²) in [5, 5.41) is 4.53. The molecule has 0 aliphatic carbocycles. The van der Waals surface area contributed by atoms with Crippen LogP contribution in [0.2, 0.25) is 0 Å². The number of rotatable bonds is 5. The fourth-order valence-corrected chi connectivity index (χ4v) is 3.29. The van der Waals surface area contributed by atoms with E-state index >= 15 is 0 Å². The fraction of sp³-hybridized carbons (Fsp3) is 0.750. The smallest absolute Gasteiger partial charge is 0.0971 e. The summed E-state index contributed by atoms with van der Waals surface area (Å²) in [6.45, 7) is 3.50. The van der Waals surface area contributed by atoms with E-state index in [0.29, 0.717) is 5.92 Å². The van der Waals surface area contributed by atoms with Gasteiger partial charge in [-0.15, -0.1) is 11.3 Å². The highest BCUT2D eigenvalue weighted by molar-refractivity contribution is 7.11. The fourth-order valence-electron chi connectivity index (χ4n) is 2.20. The minimum absolute atomic E-state index is 0.688. The van der Waals surface area contributed by atoms with Crippen LogP contribution in [0.4, 0.5) is 0 Å². The third kappa shape index (κ3) is 3.03. The summed E-state index contributed by atoms with van der Waals surface area (Å²) >= 11 is 1.92. The predicted molar refractivity (Wildman–Crippen MR) is 69.2 cm³/mol. The van der Waals surface area contributed by atoms with E-state index in [1.807, 2.05) is 18.4 Å². The van der Waals surface area contributed by atoms with Crippen molar-refractivity contribution >= 4 is 11.3 Å². The molecule has 0 spiro atoms. The van der Waals surface area contributed by atoms with Crippen molar-refractivity contribution in [2.75, 3.05) is 33.7 Å². The zero-order valence-electron chi connectivity index (χ0n) is 10.2. The van der Waals surface area contributed by atoms with Crippen LogP contribution in [0.3, 0.4) is 0 Å². The molecule has 90 valence electrons. The molecule has 0 saturated carbocycles. The van der Waals surface area contributed by atoms with Gasteiger partial charge in [-0.1, -0.05) is 0 Å². The van der Waals surface area contributed by atoms with E-state index in [2.05, 4.69) is 28.4 Å². The lowest BCUT2D eigenvalue weighted by molar-refractivity contribution is 0.411. The number of hydrogen-bond donors (Lipinski definition) is 1. The van der Waals surface area contributed by atoms with Gasteiger partial charge in [0.1, 0.15) is 0 Å². The SMILES string of the molecule is CNCCCc1cnc(C2CCN(C)C2)s1. The number of likely N-dealkylation sites (tertiary alicyclic amines) is 1. The maximum Gasteiger partial charge on any atom is 0.0971 e. The molecule has 0 amide bonds. The lowest BCUT2D eigenvalue weighted by Crippen LogP contribution is -2.13. The summed E-state index contributed by atoms with van der Waals surface area (Å²) in [5.41, 5.74) is 0. The minimum atomic E-state index is 0.688. The van der Waals surface area contributed by atoms with Crippen LogP contribution in [0.1, 0.15) is 28.6 Å². The third-order valence-corrected chi connectivity index (χ3v) is 4.38. The Kier molecular flexibility index (Phi) is 4.32. The van der Waals surface area contributed by atoms with Crippen LogP contribution in [0.25, 0.3) is 0 Å². The van der Waals surface area contributed by atoms with Crippen molar-refractivity contribution < 1.29 is 0 Å². The first-order chi connectivity index (χ1) is 7.79. The third-order valence-electron chi connectivity index (χ3n) is 3.16. The molecule has 1 aromatic heterocycles. The maximum atomic E-state index is 4.58. The average molecular weight is 239 g/mol. The van der Waals surface area contributed by atoms with Crippen LogP contribution in [0, 0.1) is 0 Å². The van der Waals surface area contributed by atoms with Crippen molar-refractivity contribution in [2.45, 2.75) is 25.2 Å². The van der Waals surface area contributed by atoms with Gasteiger partial charge in [0.15, 0.2) is 0 Å². The highest BCUT2D eigenvalue weighted by atomic mass is 32.1. The molecule has 1 saturated heterocycles. The summed E-state index contributed by atoms with van der Waals surface area (Å²) in [7, 11) is 4.20. The molecule has 1 fully saturated rings. The van der Waals surface area contributed by atoms with Gasteiger partial charge in [0.25, 0.3) is 0 Å². The maximum absolute atomic E-state index is 4.58. The van der Waals surface area contributed by atoms with Crippen LogP contribution >= 0.6 is 11.3 Å². The van der Waals surface area contributed by atoms with Gasteiger partial charge in [-0.25, -0.2) is 4.98 Å². The lowest BCUT2D eigenvalue weighted by atomic mass is 10.1. The van der Waals surface area contributed by atoms with Crippen LogP contribution < -0.4 is 5.32 Å². The summed E-state index contributed by atoms with van der Waals surface area (Å²) in [6, 6.07) is 0. The van der Waals surface area contributed by atoms with E-state index in [1.54, 1.807) is 0 Å². The Morgan fingerprint density at radius 2 is 2.50 bits per heavy atom. The molecule has 1 aliphatic rings. The van der Waals surface area contributed by atoms with Gasteiger partial charge in [0.05, 0.1) is 5.01 Å². The first kappa shape index (κ1) is 12.0.